The van der Waals surface area contributed by atoms with Gasteiger partial charge in [-0.25, -0.2) is 0 Å². The molecule has 0 aliphatic carbocycles. The van der Waals surface area contributed by atoms with Crippen molar-refractivity contribution < 1.29 is 24.3 Å². The Labute approximate surface area is 145 Å². The molecule has 1 fully saturated rings. The van der Waals surface area contributed by atoms with Gasteiger partial charge in [0, 0.05) is 31.7 Å². The minimum absolute atomic E-state index is 0.00964. The van der Waals surface area contributed by atoms with Crippen LogP contribution in [0.25, 0.3) is 0 Å². The third-order valence-corrected chi connectivity index (χ3v) is 3.95. The summed E-state index contributed by atoms with van der Waals surface area (Å²) in [5, 5.41) is 11.4. The first-order valence-corrected chi connectivity index (χ1v) is 8.09. The molecule has 1 aromatic rings. The van der Waals surface area contributed by atoms with Gasteiger partial charge in [-0.1, -0.05) is 12.1 Å². The molecular formula is C17H21N3O5. The van der Waals surface area contributed by atoms with E-state index in [1.165, 1.54) is 9.80 Å². The standard InChI is InChI=1S/C17H21N3O5/c1-2-19-8-9-20(17(25)16(19)24)11-14(21)18-13-5-3-4-12(10-13)6-7-15(22)23/h3-5,10H,2,6-9,11H2,1H3,(H,18,21)(H,22,23). The van der Waals surface area contributed by atoms with Crippen molar-refractivity contribution in [1.29, 1.82) is 0 Å². The van der Waals surface area contributed by atoms with Crippen LogP contribution in [0.15, 0.2) is 24.3 Å². The normalized spacial score (nSPS) is 14.6. The Morgan fingerprint density at radius 3 is 2.52 bits per heavy atom. The number of nitrogens with one attached hydrogen (secondary N) is 1. The summed E-state index contributed by atoms with van der Waals surface area (Å²) in [6.07, 6.45) is 0.376. The Morgan fingerprint density at radius 1 is 1.16 bits per heavy atom. The Kier molecular flexibility index (Phi) is 6.10. The average Bonchev–Trinajstić information content (AvgIpc) is 2.58. The second kappa shape index (κ2) is 8.27. The quantitative estimate of drug-likeness (QED) is 0.692. The van der Waals surface area contributed by atoms with E-state index in [0.717, 1.165) is 5.56 Å². The van der Waals surface area contributed by atoms with Gasteiger partial charge < -0.3 is 20.2 Å². The van der Waals surface area contributed by atoms with Gasteiger partial charge in [0.05, 0.1) is 0 Å². The van der Waals surface area contributed by atoms with E-state index >= 15 is 0 Å². The molecule has 1 aliphatic rings. The molecule has 1 aliphatic heterocycles. The fraction of sp³-hybridized carbons (Fsp3) is 0.412. The molecule has 2 rings (SSSR count). The summed E-state index contributed by atoms with van der Waals surface area (Å²) in [6, 6.07) is 6.89. The third kappa shape index (κ3) is 5.03. The number of likely N-dealkylation sites (N-methyl/N-ethyl adjacent to an activating group) is 1. The van der Waals surface area contributed by atoms with Crippen molar-refractivity contribution >= 4 is 29.4 Å². The molecule has 0 unspecified atom stereocenters. The highest BCUT2D eigenvalue weighted by molar-refractivity contribution is 6.35. The molecule has 134 valence electrons. The van der Waals surface area contributed by atoms with Crippen LogP contribution in [0, 0.1) is 0 Å². The molecule has 0 aromatic heterocycles. The van der Waals surface area contributed by atoms with Crippen molar-refractivity contribution in [3.8, 4) is 0 Å². The molecule has 25 heavy (non-hydrogen) atoms. The number of hydrogen-bond donors (Lipinski definition) is 2. The van der Waals surface area contributed by atoms with Gasteiger partial charge in [-0.15, -0.1) is 0 Å². The lowest BCUT2D eigenvalue weighted by Gasteiger charge is -2.32. The van der Waals surface area contributed by atoms with E-state index < -0.39 is 23.7 Å². The molecule has 1 saturated heterocycles. The number of hydrogen-bond acceptors (Lipinski definition) is 4. The molecule has 0 bridgehead atoms. The summed E-state index contributed by atoms with van der Waals surface area (Å²) < 4.78 is 0. The van der Waals surface area contributed by atoms with Gasteiger partial charge in [0.15, 0.2) is 0 Å². The average molecular weight is 347 g/mol. The number of carbonyl (C=O) groups is 4. The monoisotopic (exact) mass is 347 g/mol. The van der Waals surface area contributed by atoms with Crippen LogP contribution < -0.4 is 5.32 Å². The van der Waals surface area contributed by atoms with Crippen molar-refractivity contribution in [2.75, 3.05) is 31.5 Å². The fourth-order valence-electron chi connectivity index (χ4n) is 2.60. The summed E-state index contributed by atoms with van der Waals surface area (Å²) in [7, 11) is 0. The Balaban J connectivity index is 1.92. The van der Waals surface area contributed by atoms with Crippen LogP contribution in [0.4, 0.5) is 5.69 Å². The van der Waals surface area contributed by atoms with E-state index in [9.17, 15) is 19.2 Å². The van der Waals surface area contributed by atoms with Crippen molar-refractivity contribution in [2.45, 2.75) is 19.8 Å². The molecular weight excluding hydrogens is 326 g/mol. The lowest BCUT2D eigenvalue weighted by Crippen LogP contribution is -2.55. The predicted octanol–water partition coefficient (Wildman–Crippen LogP) is 0.333. The number of amides is 3. The molecule has 0 spiro atoms. The summed E-state index contributed by atoms with van der Waals surface area (Å²) in [4.78, 5) is 49.3. The number of anilines is 1. The molecule has 8 nitrogen and oxygen atoms in total. The highest BCUT2D eigenvalue weighted by Crippen LogP contribution is 2.13. The van der Waals surface area contributed by atoms with Gasteiger partial charge in [0.1, 0.15) is 6.54 Å². The summed E-state index contributed by atoms with van der Waals surface area (Å²) >= 11 is 0. The molecule has 2 N–H and O–H groups in total. The minimum Gasteiger partial charge on any atom is -0.481 e. The SMILES string of the molecule is CCN1CCN(CC(=O)Nc2cccc(CCC(=O)O)c2)C(=O)C1=O. The van der Waals surface area contributed by atoms with E-state index in [-0.39, 0.29) is 13.0 Å². The lowest BCUT2D eigenvalue weighted by molar-refractivity contribution is -0.156. The topological polar surface area (TPSA) is 107 Å². The molecule has 8 heteroatoms. The molecule has 1 aromatic carbocycles. The van der Waals surface area contributed by atoms with Gasteiger partial charge in [-0.3, -0.25) is 19.2 Å². The molecule has 0 radical (unpaired) electrons. The van der Waals surface area contributed by atoms with Gasteiger partial charge in [-0.05, 0) is 31.0 Å². The van der Waals surface area contributed by atoms with Gasteiger partial charge in [0.2, 0.25) is 5.91 Å². The van der Waals surface area contributed by atoms with Crippen LogP contribution in [0.1, 0.15) is 18.9 Å². The Morgan fingerprint density at radius 2 is 1.84 bits per heavy atom. The number of benzene rings is 1. The number of nitrogens with zero attached hydrogens (tertiary/aromatic N) is 2. The maximum Gasteiger partial charge on any atom is 0.312 e. The van der Waals surface area contributed by atoms with E-state index in [2.05, 4.69) is 5.32 Å². The van der Waals surface area contributed by atoms with Crippen LogP contribution in [0.3, 0.4) is 0 Å². The van der Waals surface area contributed by atoms with Crippen LogP contribution in [-0.4, -0.2) is 64.8 Å². The molecule has 1 heterocycles. The number of carboxylic acids is 1. The number of rotatable bonds is 7. The van der Waals surface area contributed by atoms with Crippen molar-refractivity contribution in [2.24, 2.45) is 0 Å². The van der Waals surface area contributed by atoms with Crippen LogP contribution in [0.2, 0.25) is 0 Å². The summed E-state index contributed by atoms with van der Waals surface area (Å²) in [5.41, 5.74) is 1.32. The minimum atomic E-state index is -0.885. The second-order valence-corrected chi connectivity index (χ2v) is 5.75. The molecule has 3 amide bonds. The van der Waals surface area contributed by atoms with Crippen molar-refractivity contribution in [3.05, 3.63) is 29.8 Å². The highest BCUT2D eigenvalue weighted by Gasteiger charge is 2.32. The first-order valence-electron chi connectivity index (χ1n) is 8.09. The molecule has 0 atom stereocenters. The van der Waals surface area contributed by atoms with Crippen LogP contribution in [-0.2, 0) is 25.6 Å². The maximum atomic E-state index is 12.1. The number of carboxylic acid groups (broad SMARTS) is 1. The third-order valence-electron chi connectivity index (χ3n) is 3.95. The van der Waals surface area contributed by atoms with E-state index in [1.54, 1.807) is 31.2 Å². The summed E-state index contributed by atoms with van der Waals surface area (Å²) in [5.74, 6) is -2.54. The Hall–Kier alpha value is -2.90. The number of carbonyl (C=O) groups excluding carboxylic acids is 3. The largest absolute Gasteiger partial charge is 0.481 e. The van der Waals surface area contributed by atoms with Crippen molar-refractivity contribution in [1.82, 2.24) is 9.80 Å². The van der Waals surface area contributed by atoms with E-state index in [0.29, 0.717) is 31.7 Å². The maximum absolute atomic E-state index is 12.1. The fourth-order valence-corrected chi connectivity index (χ4v) is 2.60. The second-order valence-electron chi connectivity index (χ2n) is 5.75. The van der Waals surface area contributed by atoms with E-state index in [4.69, 9.17) is 5.11 Å². The zero-order valence-corrected chi connectivity index (χ0v) is 14.0. The first-order chi connectivity index (χ1) is 11.9. The zero-order chi connectivity index (χ0) is 18.4. The highest BCUT2D eigenvalue weighted by atomic mass is 16.4. The number of aliphatic carboxylic acids is 1. The van der Waals surface area contributed by atoms with Crippen LogP contribution in [0.5, 0.6) is 0 Å². The predicted molar refractivity (Wildman–Crippen MR) is 89.9 cm³/mol. The smallest absolute Gasteiger partial charge is 0.312 e. The van der Waals surface area contributed by atoms with Crippen molar-refractivity contribution in [3.63, 3.8) is 0 Å². The molecule has 0 saturated carbocycles. The lowest BCUT2D eigenvalue weighted by atomic mass is 10.1. The van der Waals surface area contributed by atoms with Gasteiger partial charge >= 0.3 is 17.8 Å². The Bertz CT molecular complexity index is 689. The van der Waals surface area contributed by atoms with E-state index in [1.807, 2.05) is 0 Å². The number of aryl methyl sites for hydroxylation is 1. The van der Waals surface area contributed by atoms with Gasteiger partial charge in [-0.2, -0.15) is 0 Å². The summed E-state index contributed by atoms with van der Waals surface area (Å²) in [6.45, 7) is 2.81. The number of piperazine rings is 1. The van der Waals surface area contributed by atoms with Crippen LogP contribution >= 0.6 is 0 Å². The van der Waals surface area contributed by atoms with Gasteiger partial charge in [0.25, 0.3) is 0 Å². The first kappa shape index (κ1) is 18.4. The zero-order valence-electron chi connectivity index (χ0n) is 14.0.